The Labute approximate surface area is 98.1 Å². The van der Waals surface area contributed by atoms with E-state index < -0.39 is 0 Å². The van der Waals surface area contributed by atoms with E-state index in [1.807, 2.05) is 0 Å². The van der Waals surface area contributed by atoms with Crippen molar-refractivity contribution in [2.24, 2.45) is 0 Å². The van der Waals surface area contributed by atoms with Gasteiger partial charge >= 0.3 is 0 Å². The van der Waals surface area contributed by atoms with E-state index >= 15 is 0 Å². The Morgan fingerprint density at radius 1 is 1.06 bits per heavy atom. The molecule has 86 valence electrons. The topological polar surface area (TPSA) is 4.93 Å². The van der Waals surface area contributed by atoms with Crippen molar-refractivity contribution in [1.82, 2.24) is 4.57 Å². The van der Waals surface area contributed by atoms with Gasteiger partial charge in [-0.05, 0) is 49.8 Å². The van der Waals surface area contributed by atoms with Crippen molar-refractivity contribution >= 4 is 10.9 Å². The molecule has 1 heteroatoms. The van der Waals surface area contributed by atoms with Gasteiger partial charge in [0.25, 0.3) is 0 Å². The monoisotopic (exact) mass is 215 g/mol. The molecule has 1 nitrogen and oxygen atoms in total. The minimum absolute atomic E-state index is 0.150. The second-order valence-corrected chi connectivity index (χ2v) is 5.83. The molecule has 0 amide bonds. The number of hydrogen-bond donors (Lipinski definition) is 0. The van der Waals surface area contributed by atoms with Crippen LogP contribution in [0.25, 0.3) is 10.9 Å². The number of nitrogens with zero attached hydrogens (tertiary/aromatic N) is 1. The summed E-state index contributed by atoms with van der Waals surface area (Å²) in [7, 11) is 0. The summed E-state index contributed by atoms with van der Waals surface area (Å²) < 4.78 is 2.36. The maximum absolute atomic E-state index is 2.36. The first-order valence-corrected chi connectivity index (χ1v) is 6.01. The lowest BCUT2D eigenvalue weighted by molar-refractivity contribution is 0.411. The first-order chi connectivity index (χ1) is 7.39. The molecule has 0 aliphatic carbocycles. The highest BCUT2D eigenvalue weighted by molar-refractivity contribution is 5.81. The van der Waals surface area contributed by atoms with Crippen LogP contribution in [0.15, 0.2) is 30.5 Å². The molecule has 1 aromatic carbocycles. The van der Waals surface area contributed by atoms with Gasteiger partial charge in [-0.15, -0.1) is 0 Å². The van der Waals surface area contributed by atoms with E-state index in [-0.39, 0.29) is 5.54 Å². The quantitative estimate of drug-likeness (QED) is 0.659. The lowest BCUT2D eigenvalue weighted by Gasteiger charge is -2.23. The third kappa shape index (κ3) is 1.87. The molecule has 0 spiro atoms. The zero-order chi connectivity index (χ0) is 11.9. The van der Waals surface area contributed by atoms with Crippen LogP contribution >= 0.6 is 0 Å². The van der Waals surface area contributed by atoms with E-state index in [1.54, 1.807) is 0 Å². The van der Waals surface area contributed by atoms with Crippen LogP contribution in [-0.2, 0) is 5.54 Å². The minimum atomic E-state index is 0.150. The third-order valence-corrected chi connectivity index (χ3v) is 3.11. The molecule has 0 aliphatic heterocycles. The average molecular weight is 215 g/mol. The Bertz CT molecular complexity index is 498. The fraction of sp³-hybridized carbons (Fsp3) is 0.467. The fourth-order valence-corrected chi connectivity index (χ4v) is 2.09. The first kappa shape index (κ1) is 11.3. The van der Waals surface area contributed by atoms with E-state index in [0.29, 0.717) is 5.92 Å². The van der Waals surface area contributed by atoms with Crippen LogP contribution in [0, 0.1) is 0 Å². The molecule has 0 fully saturated rings. The minimum Gasteiger partial charge on any atom is -0.342 e. The van der Waals surface area contributed by atoms with Crippen molar-refractivity contribution in [1.29, 1.82) is 0 Å². The van der Waals surface area contributed by atoms with Gasteiger partial charge in [-0.25, -0.2) is 0 Å². The number of benzene rings is 1. The van der Waals surface area contributed by atoms with Crippen molar-refractivity contribution in [2.45, 2.75) is 46.1 Å². The number of aromatic nitrogens is 1. The summed E-state index contributed by atoms with van der Waals surface area (Å²) in [5.41, 5.74) is 2.91. The highest BCUT2D eigenvalue weighted by atomic mass is 15.0. The van der Waals surface area contributed by atoms with Crippen LogP contribution in [0.5, 0.6) is 0 Å². The van der Waals surface area contributed by atoms with Crippen LogP contribution in [0.3, 0.4) is 0 Å². The normalized spacial score (nSPS) is 12.6. The molecule has 0 aliphatic rings. The van der Waals surface area contributed by atoms with E-state index in [9.17, 15) is 0 Å². The van der Waals surface area contributed by atoms with Crippen LogP contribution in [-0.4, -0.2) is 4.57 Å². The fourth-order valence-electron chi connectivity index (χ4n) is 2.09. The Morgan fingerprint density at radius 2 is 1.75 bits per heavy atom. The molecule has 2 aromatic rings. The molecule has 16 heavy (non-hydrogen) atoms. The molecule has 0 saturated carbocycles. The Balaban J connectivity index is 2.65. The maximum Gasteiger partial charge on any atom is 0.0488 e. The van der Waals surface area contributed by atoms with Gasteiger partial charge in [-0.3, -0.25) is 0 Å². The summed E-state index contributed by atoms with van der Waals surface area (Å²) in [4.78, 5) is 0. The van der Waals surface area contributed by atoms with Gasteiger partial charge < -0.3 is 4.57 Å². The number of hydrogen-bond acceptors (Lipinski definition) is 0. The second kappa shape index (κ2) is 3.65. The van der Waals surface area contributed by atoms with Gasteiger partial charge in [-0.1, -0.05) is 26.0 Å². The molecule has 0 saturated heterocycles. The van der Waals surface area contributed by atoms with Gasteiger partial charge in [0.05, 0.1) is 0 Å². The molecular weight excluding hydrogens is 194 g/mol. The molecule has 1 aromatic heterocycles. The van der Waals surface area contributed by atoms with E-state index in [1.165, 1.54) is 16.5 Å². The summed E-state index contributed by atoms with van der Waals surface area (Å²) in [6.45, 7) is 11.2. The molecule has 0 unspecified atom stereocenters. The summed E-state index contributed by atoms with van der Waals surface area (Å²) >= 11 is 0. The molecule has 0 atom stereocenters. The molecule has 2 rings (SSSR count). The van der Waals surface area contributed by atoms with Crippen molar-refractivity contribution in [2.75, 3.05) is 0 Å². The predicted molar refractivity (Wildman–Crippen MR) is 71.0 cm³/mol. The lowest BCUT2D eigenvalue weighted by atomic mass is 10.0. The molecule has 0 N–H and O–H groups in total. The van der Waals surface area contributed by atoms with Crippen LogP contribution < -0.4 is 0 Å². The lowest BCUT2D eigenvalue weighted by Crippen LogP contribution is -2.20. The van der Waals surface area contributed by atoms with E-state index in [2.05, 4.69) is 69.6 Å². The Kier molecular flexibility index (Phi) is 2.57. The van der Waals surface area contributed by atoms with Crippen molar-refractivity contribution < 1.29 is 0 Å². The van der Waals surface area contributed by atoms with Gasteiger partial charge in [0, 0.05) is 17.3 Å². The van der Waals surface area contributed by atoms with Gasteiger partial charge in [-0.2, -0.15) is 0 Å². The van der Waals surface area contributed by atoms with Crippen molar-refractivity contribution in [3.05, 3.63) is 36.0 Å². The van der Waals surface area contributed by atoms with Gasteiger partial charge in [0.2, 0.25) is 0 Å². The van der Waals surface area contributed by atoms with Crippen LogP contribution in [0.1, 0.15) is 46.1 Å². The van der Waals surface area contributed by atoms with Crippen molar-refractivity contribution in [3.63, 3.8) is 0 Å². The molecular formula is C15H21N. The highest BCUT2D eigenvalue weighted by Gasteiger charge is 2.15. The van der Waals surface area contributed by atoms with Crippen LogP contribution in [0.2, 0.25) is 0 Å². The zero-order valence-corrected chi connectivity index (χ0v) is 10.9. The Hall–Kier alpha value is -1.24. The van der Waals surface area contributed by atoms with Gasteiger partial charge in [0.15, 0.2) is 0 Å². The largest absolute Gasteiger partial charge is 0.342 e. The highest BCUT2D eigenvalue weighted by Crippen LogP contribution is 2.26. The average Bonchev–Trinajstić information content (AvgIpc) is 2.58. The van der Waals surface area contributed by atoms with Gasteiger partial charge in [0.1, 0.15) is 0 Å². The molecule has 0 bridgehead atoms. The summed E-state index contributed by atoms with van der Waals surface area (Å²) in [6.07, 6.45) is 2.19. The Morgan fingerprint density at radius 3 is 2.31 bits per heavy atom. The smallest absolute Gasteiger partial charge is 0.0488 e. The first-order valence-electron chi connectivity index (χ1n) is 6.01. The summed E-state index contributed by atoms with van der Waals surface area (Å²) in [5, 5.41) is 1.33. The second-order valence-electron chi connectivity index (χ2n) is 5.83. The summed E-state index contributed by atoms with van der Waals surface area (Å²) in [6, 6.07) is 8.99. The number of fused-ring (bicyclic) bond motifs is 1. The third-order valence-electron chi connectivity index (χ3n) is 3.11. The number of rotatable bonds is 1. The van der Waals surface area contributed by atoms with E-state index in [0.717, 1.165) is 0 Å². The summed E-state index contributed by atoms with van der Waals surface area (Å²) in [5.74, 6) is 0.590. The SMILES string of the molecule is CC(C)c1ccc2ccn(C(C)(C)C)c2c1. The zero-order valence-electron chi connectivity index (χ0n) is 10.9. The molecule has 1 heterocycles. The molecule has 0 radical (unpaired) electrons. The standard InChI is InChI=1S/C15H21N/c1-11(2)13-7-6-12-8-9-16(14(12)10-13)15(3,4)5/h6-11H,1-5H3. The van der Waals surface area contributed by atoms with Crippen LogP contribution in [0.4, 0.5) is 0 Å². The van der Waals surface area contributed by atoms with E-state index in [4.69, 9.17) is 0 Å². The maximum atomic E-state index is 2.36. The van der Waals surface area contributed by atoms with Crippen molar-refractivity contribution in [3.8, 4) is 0 Å². The predicted octanol–water partition coefficient (Wildman–Crippen LogP) is 4.52.